The SMILES string of the molecule is CCCC[CH]C(=N)C1CCC1. The third kappa shape index (κ3) is 2.64. The second-order valence-corrected chi connectivity index (χ2v) is 3.43. The third-order valence-corrected chi connectivity index (χ3v) is 2.47. The van der Waals surface area contributed by atoms with Crippen molar-refractivity contribution in [2.24, 2.45) is 5.92 Å². The predicted molar refractivity (Wildman–Crippen MR) is 48.9 cm³/mol. The fraction of sp³-hybridized carbons (Fsp3) is 0.800. The number of nitrogens with one attached hydrogen (secondary N) is 1. The van der Waals surface area contributed by atoms with Gasteiger partial charge in [-0.1, -0.05) is 26.2 Å². The van der Waals surface area contributed by atoms with Gasteiger partial charge in [0.05, 0.1) is 0 Å². The van der Waals surface area contributed by atoms with Crippen LogP contribution in [0, 0.1) is 17.7 Å². The smallest absolute Gasteiger partial charge is 0.0157 e. The second-order valence-electron chi connectivity index (χ2n) is 3.43. The highest BCUT2D eigenvalue weighted by atomic mass is 14.5. The first kappa shape index (κ1) is 8.76. The van der Waals surface area contributed by atoms with Gasteiger partial charge in [0.2, 0.25) is 0 Å². The molecule has 1 N–H and O–H groups in total. The molecule has 1 heteroatoms. The molecule has 0 spiro atoms. The average molecular weight is 152 g/mol. The van der Waals surface area contributed by atoms with Crippen LogP contribution in [-0.2, 0) is 0 Å². The van der Waals surface area contributed by atoms with Crippen molar-refractivity contribution in [3.63, 3.8) is 0 Å². The van der Waals surface area contributed by atoms with Gasteiger partial charge < -0.3 is 5.41 Å². The zero-order chi connectivity index (χ0) is 8.10. The van der Waals surface area contributed by atoms with Gasteiger partial charge in [-0.15, -0.1) is 0 Å². The lowest BCUT2D eigenvalue weighted by molar-refractivity contribution is 0.411. The Kier molecular flexibility index (Phi) is 3.61. The first-order valence-corrected chi connectivity index (χ1v) is 4.76. The van der Waals surface area contributed by atoms with Gasteiger partial charge in [0.15, 0.2) is 0 Å². The highest BCUT2D eigenvalue weighted by Gasteiger charge is 2.21. The van der Waals surface area contributed by atoms with Crippen LogP contribution in [0.4, 0.5) is 0 Å². The second kappa shape index (κ2) is 4.53. The Morgan fingerprint density at radius 2 is 2.27 bits per heavy atom. The first-order valence-electron chi connectivity index (χ1n) is 4.76. The first-order chi connectivity index (χ1) is 5.34. The van der Waals surface area contributed by atoms with Crippen LogP contribution in [0.3, 0.4) is 0 Å². The number of unbranched alkanes of at least 4 members (excludes halogenated alkanes) is 2. The zero-order valence-corrected chi connectivity index (χ0v) is 7.40. The molecule has 0 heterocycles. The van der Waals surface area contributed by atoms with E-state index >= 15 is 0 Å². The summed E-state index contributed by atoms with van der Waals surface area (Å²) in [6.45, 7) is 2.20. The van der Waals surface area contributed by atoms with E-state index < -0.39 is 0 Å². The van der Waals surface area contributed by atoms with Gasteiger partial charge in [0.1, 0.15) is 0 Å². The summed E-state index contributed by atoms with van der Waals surface area (Å²) >= 11 is 0. The molecule has 0 aromatic carbocycles. The van der Waals surface area contributed by atoms with Gasteiger partial charge in [-0.05, 0) is 25.2 Å². The van der Waals surface area contributed by atoms with Crippen molar-refractivity contribution in [2.75, 3.05) is 0 Å². The zero-order valence-electron chi connectivity index (χ0n) is 7.40. The van der Waals surface area contributed by atoms with E-state index in [0.29, 0.717) is 5.92 Å². The number of rotatable bonds is 5. The number of hydrogen-bond donors (Lipinski definition) is 1. The van der Waals surface area contributed by atoms with Gasteiger partial charge in [-0.2, -0.15) is 0 Å². The maximum atomic E-state index is 7.67. The Morgan fingerprint density at radius 3 is 2.73 bits per heavy atom. The minimum atomic E-state index is 0.631. The monoisotopic (exact) mass is 152 g/mol. The van der Waals surface area contributed by atoms with Gasteiger partial charge in [0, 0.05) is 12.1 Å². The molecular weight excluding hydrogens is 134 g/mol. The average Bonchev–Trinajstić information content (AvgIpc) is 1.84. The molecular formula is C10H18N. The van der Waals surface area contributed by atoms with Gasteiger partial charge >= 0.3 is 0 Å². The molecule has 0 aromatic heterocycles. The highest BCUT2D eigenvalue weighted by Crippen LogP contribution is 2.28. The van der Waals surface area contributed by atoms with E-state index in [2.05, 4.69) is 13.3 Å². The third-order valence-electron chi connectivity index (χ3n) is 2.47. The van der Waals surface area contributed by atoms with Gasteiger partial charge in [-0.3, -0.25) is 0 Å². The van der Waals surface area contributed by atoms with Crippen LogP contribution in [0.5, 0.6) is 0 Å². The van der Waals surface area contributed by atoms with Crippen LogP contribution in [0.1, 0.15) is 45.4 Å². The van der Waals surface area contributed by atoms with Crippen molar-refractivity contribution < 1.29 is 0 Å². The molecule has 0 aliphatic heterocycles. The Bertz CT molecular complexity index is 125. The van der Waals surface area contributed by atoms with E-state index in [1.54, 1.807) is 0 Å². The molecule has 0 atom stereocenters. The van der Waals surface area contributed by atoms with Gasteiger partial charge in [-0.25, -0.2) is 0 Å². The van der Waals surface area contributed by atoms with Crippen LogP contribution < -0.4 is 0 Å². The van der Waals surface area contributed by atoms with Crippen LogP contribution in [0.25, 0.3) is 0 Å². The Morgan fingerprint density at radius 1 is 1.55 bits per heavy atom. The van der Waals surface area contributed by atoms with E-state index in [-0.39, 0.29) is 0 Å². The fourth-order valence-electron chi connectivity index (χ4n) is 1.35. The summed E-state index contributed by atoms with van der Waals surface area (Å²) in [4.78, 5) is 0. The van der Waals surface area contributed by atoms with Crippen molar-refractivity contribution in [2.45, 2.75) is 45.4 Å². The number of hydrogen-bond acceptors (Lipinski definition) is 1. The van der Waals surface area contributed by atoms with Crippen molar-refractivity contribution in [3.8, 4) is 0 Å². The predicted octanol–water partition coefficient (Wildman–Crippen LogP) is 3.20. The van der Waals surface area contributed by atoms with Crippen molar-refractivity contribution in [1.82, 2.24) is 0 Å². The largest absolute Gasteiger partial charge is 0.309 e. The molecule has 0 aromatic rings. The molecule has 1 fully saturated rings. The van der Waals surface area contributed by atoms with Crippen LogP contribution >= 0.6 is 0 Å². The lowest BCUT2D eigenvalue weighted by Crippen LogP contribution is -2.21. The van der Waals surface area contributed by atoms with E-state index in [1.807, 2.05) is 0 Å². The van der Waals surface area contributed by atoms with Crippen LogP contribution in [-0.4, -0.2) is 5.71 Å². The van der Waals surface area contributed by atoms with E-state index in [9.17, 15) is 0 Å². The Hall–Kier alpha value is -0.330. The molecule has 0 bridgehead atoms. The lowest BCUT2D eigenvalue weighted by atomic mass is 9.80. The normalized spacial score (nSPS) is 17.9. The topological polar surface area (TPSA) is 23.9 Å². The minimum Gasteiger partial charge on any atom is -0.309 e. The minimum absolute atomic E-state index is 0.631. The Balaban J connectivity index is 2.01. The molecule has 1 rings (SSSR count). The molecule has 1 nitrogen and oxygen atoms in total. The van der Waals surface area contributed by atoms with E-state index in [4.69, 9.17) is 5.41 Å². The molecule has 11 heavy (non-hydrogen) atoms. The quantitative estimate of drug-likeness (QED) is 0.462. The molecule has 0 amide bonds. The molecule has 1 saturated carbocycles. The standard InChI is InChI=1S/C10H18N/c1-2-3-4-8-10(11)9-6-5-7-9/h8-9,11H,2-7H2,1H3. The maximum Gasteiger partial charge on any atom is 0.0157 e. The summed E-state index contributed by atoms with van der Waals surface area (Å²) in [5.74, 6) is 0.631. The summed E-state index contributed by atoms with van der Waals surface area (Å²) in [5.41, 5.74) is 0.907. The summed E-state index contributed by atoms with van der Waals surface area (Å²) < 4.78 is 0. The van der Waals surface area contributed by atoms with Crippen molar-refractivity contribution in [1.29, 1.82) is 5.41 Å². The molecule has 1 aliphatic carbocycles. The van der Waals surface area contributed by atoms with Crippen LogP contribution in [0.15, 0.2) is 0 Å². The van der Waals surface area contributed by atoms with Crippen molar-refractivity contribution in [3.05, 3.63) is 6.42 Å². The molecule has 63 valence electrons. The maximum absolute atomic E-state index is 7.67. The summed E-state index contributed by atoms with van der Waals surface area (Å²) in [7, 11) is 0. The van der Waals surface area contributed by atoms with Crippen molar-refractivity contribution >= 4 is 5.71 Å². The fourth-order valence-corrected chi connectivity index (χ4v) is 1.35. The Labute approximate surface area is 69.7 Å². The lowest BCUT2D eigenvalue weighted by Gasteiger charge is -2.25. The van der Waals surface area contributed by atoms with E-state index in [0.717, 1.165) is 12.1 Å². The summed E-state index contributed by atoms with van der Waals surface area (Å²) in [5, 5.41) is 7.67. The van der Waals surface area contributed by atoms with E-state index in [1.165, 1.54) is 32.1 Å². The van der Waals surface area contributed by atoms with Crippen LogP contribution in [0.2, 0.25) is 0 Å². The van der Waals surface area contributed by atoms with Gasteiger partial charge in [0.25, 0.3) is 0 Å². The summed E-state index contributed by atoms with van der Waals surface area (Å²) in [6.07, 6.45) is 9.60. The molecule has 1 aliphatic rings. The molecule has 1 radical (unpaired) electrons. The molecule has 0 unspecified atom stereocenters. The molecule has 0 saturated heterocycles. The summed E-state index contributed by atoms with van der Waals surface area (Å²) in [6, 6.07) is 0. The highest BCUT2D eigenvalue weighted by molar-refractivity contribution is 5.92.